The first kappa shape index (κ1) is 15.2. The monoisotopic (exact) mass is 248 g/mol. The van der Waals surface area contributed by atoms with Gasteiger partial charge in [-0.15, -0.1) is 0 Å². The van der Waals surface area contributed by atoms with E-state index in [1.807, 2.05) is 0 Å². The third-order valence-electron chi connectivity index (χ3n) is 1.86. The quantitative estimate of drug-likeness (QED) is 0.564. The van der Waals surface area contributed by atoms with Gasteiger partial charge in [0.1, 0.15) is 0 Å². The second kappa shape index (κ2) is 10.8. The Morgan fingerprint density at radius 1 is 1.19 bits per heavy atom. The lowest BCUT2D eigenvalue weighted by Gasteiger charge is -2.04. The molecule has 0 aromatic heterocycles. The van der Waals surface area contributed by atoms with Gasteiger partial charge in [0.2, 0.25) is 11.8 Å². The zero-order valence-corrected chi connectivity index (χ0v) is 10.7. The lowest BCUT2D eigenvalue weighted by molar-refractivity contribution is -0.126. The molecule has 0 rings (SSSR count). The van der Waals surface area contributed by atoms with Gasteiger partial charge in [0.15, 0.2) is 0 Å². The summed E-state index contributed by atoms with van der Waals surface area (Å²) in [5.41, 5.74) is 0. The number of hydrogen-bond donors (Lipinski definition) is 2. The van der Waals surface area contributed by atoms with Crippen LogP contribution >= 0.6 is 11.8 Å². The minimum atomic E-state index is -0.107. The molecule has 0 aliphatic carbocycles. The third-order valence-corrected chi connectivity index (χ3v) is 2.81. The highest BCUT2D eigenvalue weighted by Gasteiger charge is 2.04. The number of carbonyl (C=O) groups excluding carboxylic acids is 2. The molecule has 0 spiro atoms. The molecule has 94 valence electrons. The van der Waals surface area contributed by atoms with Crippen LogP contribution in [0.3, 0.4) is 0 Å². The van der Waals surface area contributed by atoms with E-state index in [0.29, 0.717) is 6.54 Å². The largest absolute Gasteiger partial charge is 0.384 e. The molecular formula is C10H20N2O3S. The summed E-state index contributed by atoms with van der Waals surface area (Å²) in [6, 6.07) is 0. The Hall–Kier alpha value is -0.750. The molecule has 0 saturated carbocycles. The van der Waals surface area contributed by atoms with E-state index in [4.69, 9.17) is 4.74 Å². The molecule has 0 atom stereocenters. The summed E-state index contributed by atoms with van der Waals surface area (Å²) < 4.78 is 4.89. The minimum absolute atomic E-state index is 0.0732. The van der Waals surface area contributed by atoms with Crippen molar-refractivity contribution in [3.8, 4) is 0 Å². The first-order valence-electron chi connectivity index (χ1n) is 5.24. The van der Waals surface area contributed by atoms with Crippen LogP contribution in [0.1, 0.15) is 12.8 Å². The zero-order valence-electron chi connectivity index (χ0n) is 9.88. The average molecular weight is 248 g/mol. The van der Waals surface area contributed by atoms with E-state index >= 15 is 0 Å². The molecule has 0 aliphatic rings. The summed E-state index contributed by atoms with van der Waals surface area (Å²) >= 11 is 1.73. The molecule has 0 aliphatic heterocycles. The van der Waals surface area contributed by atoms with Gasteiger partial charge >= 0.3 is 0 Å². The van der Waals surface area contributed by atoms with E-state index in [0.717, 1.165) is 18.1 Å². The van der Waals surface area contributed by atoms with Gasteiger partial charge in [-0.2, -0.15) is 11.8 Å². The van der Waals surface area contributed by atoms with E-state index in [-0.39, 0.29) is 24.7 Å². The Labute approximate surface area is 101 Å². The smallest absolute Gasteiger partial charge is 0.220 e. The summed E-state index contributed by atoms with van der Waals surface area (Å²) in [5, 5.41) is 5.23. The lowest BCUT2D eigenvalue weighted by atomic mass is 10.3. The number of amides is 2. The van der Waals surface area contributed by atoms with Crippen LogP contribution in [-0.2, 0) is 14.3 Å². The lowest BCUT2D eigenvalue weighted by Crippen LogP contribution is -2.27. The van der Waals surface area contributed by atoms with Gasteiger partial charge < -0.3 is 15.4 Å². The molecule has 0 heterocycles. The predicted molar refractivity (Wildman–Crippen MR) is 65.5 cm³/mol. The number of ether oxygens (including phenoxy) is 1. The van der Waals surface area contributed by atoms with Crippen LogP contribution in [0.25, 0.3) is 0 Å². The van der Waals surface area contributed by atoms with Crippen LogP contribution in [0.4, 0.5) is 0 Å². The van der Waals surface area contributed by atoms with Gasteiger partial charge in [-0.1, -0.05) is 0 Å². The molecule has 6 heteroatoms. The maximum absolute atomic E-state index is 11.2. The Morgan fingerprint density at radius 3 is 2.50 bits per heavy atom. The Kier molecular flexibility index (Phi) is 10.3. The molecule has 0 aromatic rings. The maximum Gasteiger partial charge on any atom is 0.220 e. The van der Waals surface area contributed by atoms with Crippen molar-refractivity contribution >= 4 is 23.6 Å². The van der Waals surface area contributed by atoms with E-state index < -0.39 is 0 Å². The normalized spacial score (nSPS) is 9.88. The molecule has 0 bridgehead atoms. The number of carbonyl (C=O) groups is 2. The van der Waals surface area contributed by atoms with Crippen molar-refractivity contribution in [2.24, 2.45) is 0 Å². The van der Waals surface area contributed by atoms with Gasteiger partial charge in [-0.05, 0) is 0 Å². The fourth-order valence-electron chi connectivity index (χ4n) is 0.947. The molecule has 0 saturated heterocycles. The highest BCUT2D eigenvalue weighted by molar-refractivity contribution is 7.99. The molecule has 0 radical (unpaired) electrons. The van der Waals surface area contributed by atoms with Crippen molar-refractivity contribution < 1.29 is 14.3 Å². The second-order valence-electron chi connectivity index (χ2n) is 3.13. The molecule has 5 nitrogen and oxygen atoms in total. The standard InChI is InChI=1S/C10H20N2O3S/c1-11-9(13)3-4-10(14)12-5-7-16-8-6-15-2/h3-8H2,1-2H3,(H,11,13)(H,12,14). The Morgan fingerprint density at radius 2 is 1.88 bits per heavy atom. The number of nitrogens with one attached hydrogen (secondary N) is 2. The van der Waals surface area contributed by atoms with E-state index in [2.05, 4.69) is 10.6 Å². The topological polar surface area (TPSA) is 67.4 Å². The summed E-state index contributed by atoms with van der Waals surface area (Å²) in [6.45, 7) is 1.37. The summed E-state index contributed by atoms with van der Waals surface area (Å²) in [7, 11) is 3.23. The number of thioether (sulfide) groups is 1. The maximum atomic E-state index is 11.2. The van der Waals surface area contributed by atoms with Gasteiger partial charge in [0.05, 0.1) is 6.61 Å². The van der Waals surface area contributed by atoms with Gasteiger partial charge in [-0.3, -0.25) is 9.59 Å². The van der Waals surface area contributed by atoms with Crippen molar-refractivity contribution in [2.45, 2.75) is 12.8 Å². The van der Waals surface area contributed by atoms with Crippen LogP contribution in [0.15, 0.2) is 0 Å². The minimum Gasteiger partial charge on any atom is -0.384 e. The molecule has 2 amide bonds. The zero-order chi connectivity index (χ0) is 12.2. The highest BCUT2D eigenvalue weighted by atomic mass is 32.2. The first-order chi connectivity index (χ1) is 7.70. The van der Waals surface area contributed by atoms with Crippen LogP contribution in [0.5, 0.6) is 0 Å². The molecule has 0 unspecified atom stereocenters. The average Bonchev–Trinajstić information content (AvgIpc) is 2.30. The van der Waals surface area contributed by atoms with Gasteiger partial charge in [-0.25, -0.2) is 0 Å². The van der Waals surface area contributed by atoms with E-state index in [9.17, 15) is 9.59 Å². The molecule has 16 heavy (non-hydrogen) atoms. The van der Waals surface area contributed by atoms with Crippen LogP contribution in [0, 0.1) is 0 Å². The third kappa shape index (κ3) is 9.79. The van der Waals surface area contributed by atoms with Crippen LogP contribution in [-0.4, -0.2) is 50.6 Å². The first-order valence-corrected chi connectivity index (χ1v) is 6.40. The molecule has 0 aromatic carbocycles. The molecule has 0 fully saturated rings. The predicted octanol–water partition coefficient (Wildman–Crippen LogP) is 0.00840. The van der Waals surface area contributed by atoms with Gasteiger partial charge in [0.25, 0.3) is 0 Å². The van der Waals surface area contributed by atoms with Gasteiger partial charge in [0, 0.05) is 45.0 Å². The molecule has 2 N–H and O–H groups in total. The highest BCUT2D eigenvalue weighted by Crippen LogP contribution is 1.97. The molecular weight excluding hydrogens is 228 g/mol. The van der Waals surface area contributed by atoms with Crippen LogP contribution < -0.4 is 10.6 Å². The Bertz CT molecular complexity index is 212. The summed E-state index contributed by atoms with van der Waals surface area (Å²) in [6.07, 6.45) is 0.502. The SMILES string of the molecule is CNC(=O)CCC(=O)NCCSCCOC. The van der Waals surface area contributed by atoms with Crippen molar-refractivity contribution in [1.82, 2.24) is 10.6 Å². The summed E-state index contributed by atoms with van der Waals surface area (Å²) in [4.78, 5) is 22.1. The van der Waals surface area contributed by atoms with Crippen molar-refractivity contribution in [2.75, 3.05) is 38.8 Å². The Balaban J connectivity index is 3.27. The number of rotatable bonds is 9. The van der Waals surface area contributed by atoms with Crippen molar-refractivity contribution in [1.29, 1.82) is 0 Å². The second-order valence-corrected chi connectivity index (χ2v) is 4.35. The fourth-order valence-corrected chi connectivity index (χ4v) is 1.68. The number of hydrogen-bond acceptors (Lipinski definition) is 4. The number of methoxy groups -OCH3 is 1. The summed E-state index contributed by atoms with van der Waals surface area (Å²) in [5.74, 6) is 1.63. The van der Waals surface area contributed by atoms with E-state index in [1.165, 1.54) is 0 Å². The fraction of sp³-hybridized carbons (Fsp3) is 0.800. The van der Waals surface area contributed by atoms with Crippen LogP contribution in [0.2, 0.25) is 0 Å². The van der Waals surface area contributed by atoms with Crippen molar-refractivity contribution in [3.63, 3.8) is 0 Å². The van der Waals surface area contributed by atoms with Crippen molar-refractivity contribution in [3.05, 3.63) is 0 Å². The van der Waals surface area contributed by atoms with E-state index in [1.54, 1.807) is 25.9 Å².